The van der Waals surface area contributed by atoms with Crippen molar-refractivity contribution in [3.05, 3.63) is 59.2 Å². The molecule has 2 aromatic carbocycles. The van der Waals surface area contributed by atoms with Crippen molar-refractivity contribution >= 4 is 18.2 Å². The second-order valence-corrected chi connectivity index (χ2v) is 8.96. The standard InChI is InChI=1S/C25H30N2O6/c1-25(2,3)33-24(31)27-21(22(28)29)12-7-13-26-23(30)32-15-17-9-6-11-19-18-10-5-4-8-16(18)14-20(17)19/h4-6,8-11,21H,7,12-15H2,1-3H3,(H,26,30)(H,27,31)(H,28,29)/t21-/m1/s1. The van der Waals surface area contributed by atoms with Crippen molar-refractivity contribution in [1.82, 2.24) is 10.6 Å². The number of fused-ring (bicyclic) bond motifs is 3. The molecule has 0 saturated heterocycles. The summed E-state index contributed by atoms with van der Waals surface area (Å²) in [6, 6.07) is 13.1. The zero-order valence-corrected chi connectivity index (χ0v) is 19.1. The molecule has 3 N–H and O–H groups in total. The molecule has 0 saturated carbocycles. The van der Waals surface area contributed by atoms with Gasteiger partial charge in [-0.05, 0) is 67.9 Å². The Morgan fingerprint density at radius 3 is 2.48 bits per heavy atom. The summed E-state index contributed by atoms with van der Waals surface area (Å²) in [5.74, 6) is -1.16. The zero-order chi connectivity index (χ0) is 24.0. The Bertz CT molecular complexity index is 1030. The molecule has 2 amide bonds. The SMILES string of the molecule is CC(C)(C)OC(=O)N[C@H](CCCNC(=O)OCc1cccc2c1Cc1ccccc1-2)C(=O)O. The molecule has 0 fully saturated rings. The summed E-state index contributed by atoms with van der Waals surface area (Å²) in [6.45, 7) is 5.46. The van der Waals surface area contributed by atoms with Crippen molar-refractivity contribution in [3.8, 4) is 11.1 Å². The maximum atomic E-state index is 12.1. The van der Waals surface area contributed by atoms with E-state index in [-0.39, 0.29) is 19.6 Å². The zero-order valence-electron chi connectivity index (χ0n) is 19.1. The predicted octanol–water partition coefficient (Wildman–Crippen LogP) is 4.24. The fourth-order valence-corrected chi connectivity index (χ4v) is 3.76. The average molecular weight is 455 g/mol. The van der Waals surface area contributed by atoms with Crippen LogP contribution in [0.2, 0.25) is 0 Å². The second-order valence-electron chi connectivity index (χ2n) is 8.96. The van der Waals surface area contributed by atoms with Crippen LogP contribution in [0.3, 0.4) is 0 Å². The lowest BCUT2D eigenvalue weighted by Crippen LogP contribution is -2.43. The van der Waals surface area contributed by atoms with Crippen molar-refractivity contribution in [2.75, 3.05) is 6.54 Å². The van der Waals surface area contributed by atoms with Crippen molar-refractivity contribution in [2.45, 2.75) is 58.3 Å². The highest BCUT2D eigenvalue weighted by Gasteiger charge is 2.24. The van der Waals surface area contributed by atoms with Crippen molar-refractivity contribution in [1.29, 1.82) is 0 Å². The molecule has 8 heteroatoms. The summed E-state index contributed by atoms with van der Waals surface area (Å²) < 4.78 is 10.5. The van der Waals surface area contributed by atoms with E-state index in [1.165, 1.54) is 22.3 Å². The number of benzene rings is 2. The largest absolute Gasteiger partial charge is 0.480 e. The van der Waals surface area contributed by atoms with E-state index in [4.69, 9.17) is 9.47 Å². The van der Waals surface area contributed by atoms with Crippen LogP contribution in [0.5, 0.6) is 0 Å². The van der Waals surface area contributed by atoms with Crippen LogP contribution in [0.1, 0.15) is 50.3 Å². The minimum atomic E-state index is -1.16. The van der Waals surface area contributed by atoms with Crippen LogP contribution in [0, 0.1) is 0 Å². The first-order chi connectivity index (χ1) is 15.6. The van der Waals surface area contributed by atoms with Crippen molar-refractivity contribution < 1.29 is 29.0 Å². The lowest BCUT2D eigenvalue weighted by atomic mass is 10.0. The quantitative estimate of drug-likeness (QED) is 0.439. The van der Waals surface area contributed by atoms with Gasteiger partial charge >= 0.3 is 18.2 Å². The van der Waals surface area contributed by atoms with Crippen LogP contribution < -0.4 is 10.6 Å². The molecule has 8 nitrogen and oxygen atoms in total. The van der Waals surface area contributed by atoms with E-state index in [1.54, 1.807) is 20.8 Å². The average Bonchev–Trinajstić information content (AvgIpc) is 3.12. The first-order valence-corrected chi connectivity index (χ1v) is 11.0. The number of hydrogen-bond acceptors (Lipinski definition) is 5. The molecule has 3 rings (SSSR count). The fourth-order valence-electron chi connectivity index (χ4n) is 3.76. The Kier molecular flexibility index (Phi) is 7.58. The van der Waals surface area contributed by atoms with Gasteiger partial charge in [-0.25, -0.2) is 14.4 Å². The number of nitrogens with one attached hydrogen (secondary N) is 2. The molecular formula is C25H30N2O6. The number of carboxylic acid groups (broad SMARTS) is 1. The summed E-state index contributed by atoms with van der Waals surface area (Å²) in [5, 5.41) is 14.3. The summed E-state index contributed by atoms with van der Waals surface area (Å²) in [5.41, 5.74) is 5.06. The van der Waals surface area contributed by atoms with Gasteiger partial charge in [0.1, 0.15) is 18.2 Å². The maximum absolute atomic E-state index is 12.1. The molecule has 0 bridgehead atoms. The van der Waals surface area contributed by atoms with E-state index in [0.29, 0.717) is 6.42 Å². The van der Waals surface area contributed by atoms with Crippen LogP contribution in [0.4, 0.5) is 9.59 Å². The highest BCUT2D eigenvalue weighted by atomic mass is 16.6. The van der Waals surface area contributed by atoms with E-state index in [9.17, 15) is 19.5 Å². The number of alkyl carbamates (subject to hydrolysis) is 2. The molecule has 0 spiro atoms. The first-order valence-electron chi connectivity index (χ1n) is 11.0. The van der Waals surface area contributed by atoms with E-state index in [1.807, 2.05) is 24.3 Å². The second kappa shape index (κ2) is 10.4. The van der Waals surface area contributed by atoms with Gasteiger partial charge in [-0.15, -0.1) is 0 Å². The van der Waals surface area contributed by atoms with Gasteiger partial charge in [0.2, 0.25) is 0 Å². The Labute approximate surface area is 193 Å². The van der Waals surface area contributed by atoms with Crippen molar-refractivity contribution in [2.24, 2.45) is 0 Å². The van der Waals surface area contributed by atoms with Gasteiger partial charge in [-0.3, -0.25) is 0 Å². The molecule has 0 radical (unpaired) electrons. The van der Waals surface area contributed by atoms with Gasteiger partial charge in [0.15, 0.2) is 0 Å². The minimum Gasteiger partial charge on any atom is -0.480 e. The Balaban J connectivity index is 1.42. The van der Waals surface area contributed by atoms with Gasteiger partial charge < -0.3 is 25.2 Å². The molecule has 0 unspecified atom stereocenters. The number of carboxylic acids is 1. The van der Waals surface area contributed by atoms with Gasteiger partial charge in [0.25, 0.3) is 0 Å². The van der Waals surface area contributed by atoms with Crippen LogP contribution in [0.25, 0.3) is 11.1 Å². The summed E-state index contributed by atoms with van der Waals surface area (Å²) >= 11 is 0. The van der Waals surface area contributed by atoms with Gasteiger partial charge in [-0.1, -0.05) is 42.5 Å². The number of carbonyl (C=O) groups excluding carboxylic acids is 2. The molecule has 0 aromatic heterocycles. The number of ether oxygens (including phenoxy) is 2. The van der Waals surface area contributed by atoms with Crippen LogP contribution >= 0.6 is 0 Å². The normalized spacial score (nSPS) is 12.8. The number of amides is 2. The van der Waals surface area contributed by atoms with E-state index >= 15 is 0 Å². The van der Waals surface area contributed by atoms with E-state index in [0.717, 1.165) is 12.0 Å². The highest BCUT2D eigenvalue weighted by Crippen LogP contribution is 2.38. The smallest absolute Gasteiger partial charge is 0.408 e. The van der Waals surface area contributed by atoms with Crippen molar-refractivity contribution in [3.63, 3.8) is 0 Å². The highest BCUT2D eigenvalue weighted by molar-refractivity contribution is 5.80. The monoisotopic (exact) mass is 454 g/mol. The summed E-state index contributed by atoms with van der Waals surface area (Å²) in [6.07, 6.45) is -0.0691. The third-order valence-corrected chi connectivity index (χ3v) is 5.23. The third-order valence-electron chi connectivity index (χ3n) is 5.23. The number of hydrogen-bond donors (Lipinski definition) is 3. The molecule has 33 heavy (non-hydrogen) atoms. The number of aliphatic carboxylic acids is 1. The lowest BCUT2D eigenvalue weighted by molar-refractivity contribution is -0.139. The first kappa shape index (κ1) is 24.1. The van der Waals surface area contributed by atoms with Gasteiger partial charge in [-0.2, -0.15) is 0 Å². The summed E-state index contributed by atoms with van der Waals surface area (Å²) in [4.78, 5) is 35.3. The topological polar surface area (TPSA) is 114 Å². The van der Waals surface area contributed by atoms with Crippen LogP contribution in [-0.2, 0) is 27.3 Å². The van der Waals surface area contributed by atoms with Crippen LogP contribution in [-0.4, -0.2) is 41.4 Å². The fraction of sp³-hybridized carbons (Fsp3) is 0.400. The Morgan fingerprint density at radius 2 is 1.76 bits per heavy atom. The Hall–Kier alpha value is -3.55. The van der Waals surface area contributed by atoms with E-state index in [2.05, 4.69) is 28.8 Å². The minimum absolute atomic E-state index is 0.138. The molecule has 1 atom stereocenters. The lowest BCUT2D eigenvalue weighted by Gasteiger charge is -2.22. The molecule has 176 valence electrons. The molecule has 0 aliphatic heterocycles. The van der Waals surface area contributed by atoms with Crippen LogP contribution in [0.15, 0.2) is 42.5 Å². The van der Waals surface area contributed by atoms with E-state index < -0.39 is 29.8 Å². The Morgan fingerprint density at radius 1 is 1.03 bits per heavy atom. The van der Waals surface area contributed by atoms with Gasteiger partial charge in [0, 0.05) is 6.54 Å². The number of rotatable bonds is 8. The third kappa shape index (κ3) is 6.71. The molecule has 2 aromatic rings. The predicted molar refractivity (Wildman–Crippen MR) is 123 cm³/mol. The molecular weight excluding hydrogens is 424 g/mol. The molecule has 0 heterocycles. The van der Waals surface area contributed by atoms with Gasteiger partial charge in [0.05, 0.1) is 0 Å². The number of carbonyl (C=O) groups is 3. The molecule has 1 aliphatic rings. The summed E-state index contributed by atoms with van der Waals surface area (Å²) in [7, 11) is 0. The maximum Gasteiger partial charge on any atom is 0.408 e. The molecule has 1 aliphatic carbocycles.